The van der Waals surface area contributed by atoms with Crippen molar-refractivity contribution in [2.75, 3.05) is 36.5 Å². The smallest absolute Gasteiger partial charge is 0.323 e. The third-order valence-corrected chi connectivity index (χ3v) is 3.23. The first-order valence-corrected chi connectivity index (χ1v) is 7.65. The van der Waals surface area contributed by atoms with Gasteiger partial charge >= 0.3 is 6.01 Å². The Balaban J connectivity index is 2.29. The van der Waals surface area contributed by atoms with Crippen LogP contribution in [0.2, 0.25) is 0 Å². The van der Waals surface area contributed by atoms with Gasteiger partial charge in [-0.1, -0.05) is 6.92 Å². The molecule has 1 aromatic rings. The number of aromatic nitrogens is 3. The second-order valence-electron chi connectivity index (χ2n) is 5.27. The summed E-state index contributed by atoms with van der Waals surface area (Å²) in [5, 5.41) is 3.13. The summed E-state index contributed by atoms with van der Waals surface area (Å²) >= 11 is 0. The van der Waals surface area contributed by atoms with Crippen molar-refractivity contribution in [3.63, 3.8) is 0 Å². The molecule has 2 heterocycles. The Kier molecular flexibility index (Phi) is 5.55. The molecule has 0 spiro atoms. The van der Waals surface area contributed by atoms with Gasteiger partial charge < -0.3 is 19.7 Å². The highest BCUT2D eigenvalue weighted by atomic mass is 16.5. The standard InChI is InChI=1S/C14H25N5O2/c1-5-11-9-20-8-7-19(11)13-16-12(15-6-2)17-14(18-13)21-10(3)4/h10-11H,5-9H2,1-4H3,(H,15,16,17,18). The van der Waals surface area contributed by atoms with Crippen LogP contribution < -0.4 is 15.0 Å². The second-order valence-corrected chi connectivity index (χ2v) is 5.27. The molecule has 0 amide bonds. The molecule has 7 heteroatoms. The molecular formula is C14H25N5O2. The van der Waals surface area contributed by atoms with Gasteiger partial charge in [0.1, 0.15) is 0 Å². The number of ether oxygens (including phenoxy) is 2. The maximum absolute atomic E-state index is 5.64. The Hall–Kier alpha value is -1.63. The van der Waals surface area contributed by atoms with Gasteiger partial charge in [-0.15, -0.1) is 0 Å². The summed E-state index contributed by atoms with van der Waals surface area (Å²) in [4.78, 5) is 15.4. The van der Waals surface area contributed by atoms with Crippen LogP contribution in [-0.2, 0) is 4.74 Å². The maximum Gasteiger partial charge on any atom is 0.323 e. The first kappa shape index (κ1) is 15.8. The monoisotopic (exact) mass is 295 g/mol. The van der Waals surface area contributed by atoms with Gasteiger partial charge in [0, 0.05) is 13.1 Å². The van der Waals surface area contributed by atoms with E-state index >= 15 is 0 Å². The number of anilines is 2. The average Bonchev–Trinajstić information content (AvgIpc) is 2.46. The summed E-state index contributed by atoms with van der Waals surface area (Å²) in [6.07, 6.45) is 1.02. The summed E-state index contributed by atoms with van der Waals surface area (Å²) in [6.45, 7) is 11.0. The van der Waals surface area contributed by atoms with Gasteiger partial charge in [-0.2, -0.15) is 15.0 Å². The predicted molar refractivity (Wildman–Crippen MR) is 82.0 cm³/mol. The molecule has 0 bridgehead atoms. The fourth-order valence-corrected chi connectivity index (χ4v) is 2.23. The van der Waals surface area contributed by atoms with Crippen molar-refractivity contribution in [2.24, 2.45) is 0 Å². The highest BCUT2D eigenvalue weighted by Gasteiger charge is 2.25. The molecule has 0 radical (unpaired) electrons. The van der Waals surface area contributed by atoms with E-state index in [0.29, 0.717) is 37.2 Å². The molecule has 7 nitrogen and oxygen atoms in total. The van der Waals surface area contributed by atoms with Crippen molar-refractivity contribution < 1.29 is 9.47 Å². The molecule has 0 aromatic carbocycles. The van der Waals surface area contributed by atoms with Crippen LogP contribution in [0, 0.1) is 0 Å². The van der Waals surface area contributed by atoms with Crippen LogP contribution in [0.4, 0.5) is 11.9 Å². The molecule has 0 saturated carbocycles. The molecule has 1 aliphatic rings. The summed E-state index contributed by atoms with van der Waals surface area (Å²) < 4.78 is 11.2. The van der Waals surface area contributed by atoms with E-state index in [4.69, 9.17) is 9.47 Å². The normalized spacial score (nSPS) is 18.9. The average molecular weight is 295 g/mol. The lowest BCUT2D eigenvalue weighted by Gasteiger charge is -2.35. The Labute approximate surface area is 126 Å². The quantitative estimate of drug-likeness (QED) is 0.856. The van der Waals surface area contributed by atoms with Gasteiger partial charge in [0.25, 0.3) is 0 Å². The van der Waals surface area contributed by atoms with Gasteiger partial charge in [0.05, 0.1) is 25.4 Å². The largest absolute Gasteiger partial charge is 0.461 e. The predicted octanol–water partition coefficient (Wildman–Crippen LogP) is 1.71. The van der Waals surface area contributed by atoms with Crippen LogP contribution in [0.1, 0.15) is 34.1 Å². The molecule has 1 N–H and O–H groups in total. The molecule has 1 aromatic heterocycles. The van der Waals surface area contributed by atoms with E-state index in [1.807, 2.05) is 20.8 Å². The van der Waals surface area contributed by atoms with E-state index in [9.17, 15) is 0 Å². The summed E-state index contributed by atoms with van der Waals surface area (Å²) in [7, 11) is 0. The minimum absolute atomic E-state index is 0.0291. The van der Waals surface area contributed by atoms with E-state index in [2.05, 4.69) is 32.1 Å². The van der Waals surface area contributed by atoms with Crippen molar-refractivity contribution in [3.05, 3.63) is 0 Å². The molecule has 1 aliphatic heterocycles. The van der Waals surface area contributed by atoms with Crippen LogP contribution in [0.5, 0.6) is 6.01 Å². The number of nitrogens with zero attached hydrogens (tertiary/aromatic N) is 4. The number of hydrogen-bond acceptors (Lipinski definition) is 7. The van der Waals surface area contributed by atoms with Crippen LogP contribution in [0.25, 0.3) is 0 Å². The third-order valence-electron chi connectivity index (χ3n) is 3.23. The summed E-state index contributed by atoms with van der Waals surface area (Å²) in [6, 6.07) is 0.662. The van der Waals surface area contributed by atoms with Gasteiger partial charge in [0.2, 0.25) is 11.9 Å². The highest BCUT2D eigenvalue weighted by molar-refractivity contribution is 5.39. The van der Waals surface area contributed by atoms with E-state index in [1.165, 1.54) is 0 Å². The first-order chi connectivity index (χ1) is 10.1. The zero-order valence-electron chi connectivity index (χ0n) is 13.3. The minimum Gasteiger partial charge on any atom is -0.461 e. The van der Waals surface area contributed by atoms with Gasteiger partial charge in [0.15, 0.2) is 0 Å². The zero-order valence-corrected chi connectivity index (χ0v) is 13.3. The topological polar surface area (TPSA) is 72.4 Å². The molecule has 1 fully saturated rings. The zero-order chi connectivity index (χ0) is 15.2. The van der Waals surface area contributed by atoms with E-state index < -0.39 is 0 Å². The van der Waals surface area contributed by atoms with Crippen molar-refractivity contribution in [1.82, 2.24) is 15.0 Å². The molecule has 2 rings (SSSR count). The Morgan fingerprint density at radius 2 is 2.14 bits per heavy atom. The minimum atomic E-state index is 0.0291. The van der Waals surface area contributed by atoms with Gasteiger partial charge in [-0.05, 0) is 27.2 Å². The Morgan fingerprint density at radius 1 is 1.33 bits per heavy atom. The maximum atomic E-state index is 5.64. The van der Waals surface area contributed by atoms with Gasteiger partial charge in [-0.25, -0.2) is 0 Å². The molecule has 118 valence electrons. The number of morpholine rings is 1. The lowest BCUT2D eigenvalue weighted by molar-refractivity contribution is 0.0919. The van der Waals surface area contributed by atoms with Crippen molar-refractivity contribution >= 4 is 11.9 Å². The SMILES string of the molecule is CCNc1nc(OC(C)C)nc(N2CCOCC2CC)n1. The first-order valence-electron chi connectivity index (χ1n) is 7.65. The summed E-state index contributed by atoms with van der Waals surface area (Å²) in [5.74, 6) is 1.21. The van der Waals surface area contributed by atoms with Crippen molar-refractivity contribution in [2.45, 2.75) is 46.3 Å². The molecule has 21 heavy (non-hydrogen) atoms. The third kappa shape index (κ3) is 4.17. The molecule has 1 saturated heterocycles. The van der Waals surface area contributed by atoms with E-state index in [0.717, 1.165) is 19.5 Å². The van der Waals surface area contributed by atoms with E-state index in [-0.39, 0.29) is 6.10 Å². The number of hydrogen-bond donors (Lipinski definition) is 1. The Morgan fingerprint density at radius 3 is 2.81 bits per heavy atom. The van der Waals surface area contributed by atoms with Crippen molar-refractivity contribution in [3.8, 4) is 6.01 Å². The molecular weight excluding hydrogens is 270 g/mol. The van der Waals surface area contributed by atoms with Crippen LogP contribution in [-0.4, -0.2) is 53.4 Å². The highest BCUT2D eigenvalue weighted by Crippen LogP contribution is 2.21. The summed E-state index contributed by atoms with van der Waals surface area (Å²) in [5.41, 5.74) is 0. The molecule has 1 unspecified atom stereocenters. The fraction of sp³-hybridized carbons (Fsp3) is 0.786. The molecule has 1 atom stereocenters. The van der Waals surface area contributed by atoms with Gasteiger partial charge in [-0.3, -0.25) is 0 Å². The van der Waals surface area contributed by atoms with Crippen LogP contribution in [0.3, 0.4) is 0 Å². The van der Waals surface area contributed by atoms with Crippen LogP contribution >= 0.6 is 0 Å². The lowest BCUT2D eigenvalue weighted by Crippen LogP contribution is -2.46. The number of rotatable bonds is 6. The fourth-order valence-electron chi connectivity index (χ4n) is 2.23. The van der Waals surface area contributed by atoms with E-state index in [1.54, 1.807) is 0 Å². The van der Waals surface area contributed by atoms with Crippen molar-refractivity contribution in [1.29, 1.82) is 0 Å². The lowest BCUT2D eigenvalue weighted by atomic mass is 10.2. The molecule has 0 aliphatic carbocycles. The Bertz CT molecular complexity index is 455. The van der Waals surface area contributed by atoms with Crippen LogP contribution in [0.15, 0.2) is 0 Å². The number of nitrogens with one attached hydrogen (secondary N) is 1. The second kappa shape index (κ2) is 7.40.